The minimum atomic E-state index is -0.00690. The molecular formula is C42H32N4O. The zero-order chi connectivity index (χ0) is 31.4. The summed E-state index contributed by atoms with van der Waals surface area (Å²) in [6.07, 6.45) is 2.81. The van der Waals surface area contributed by atoms with Crippen LogP contribution in [0.3, 0.4) is 0 Å². The van der Waals surface area contributed by atoms with Gasteiger partial charge in [0.25, 0.3) is 0 Å². The monoisotopic (exact) mass is 608 g/mol. The summed E-state index contributed by atoms with van der Waals surface area (Å²) >= 11 is 0. The van der Waals surface area contributed by atoms with Crippen molar-refractivity contribution in [3.63, 3.8) is 0 Å². The predicted molar refractivity (Wildman–Crippen MR) is 191 cm³/mol. The van der Waals surface area contributed by atoms with Gasteiger partial charge in [0.05, 0.1) is 22.6 Å². The van der Waals surface area contributed by atoms with E-state index in [0.717, 1.165) is 51.3 Å². The van der Waals surface area contributed by atoms with Crippen LogP contribution in [0.25, 0.3) is 55.1 Å². The first-order chi connectivity index (χ1) is 23.0. The number of benzene rings is 5. The number of aryl methyl sites for hydroxylation is 3. The highest BCUT2D eigenvalue weighted by Crippen LogP contribution is 2.42. The molecule has 2 atom stereocenters. The Labute approximate surface area is 272 Å². The lowest BCUT2D eigenvalue weighted by molar-refractivity contribution is 0.209. The van der Waals surface area contributed by atoms with Gasteiger partial charge in [0.1, 0.15) is 11.8 Å². The van der Waals surface area contributed by atoms with Crippen LogP contribution in [0.5, 0.6) is 0 Å². The van der Waals surface area contributed by atoms with E-state index in [0.29, 0.717) is 0 Å². The first-order valence-electron chi connectivity index (χ1n) is 16.4. The zero-order valence-corrected chi connectivity index (χ0v) is 26.5. The van der Waals surface area contributed by atoms with E-state index < -0.39 is 0 Å². The molecule has 0 saturated carbocycles. The van der Waals surface area contributed by atoms with Crippen LogP contribution < -0.4 is 0 Å². The number of pyridine rings is 1. The van der Waals surface area contributed by atoms with E-state index >= 15 is 0 Å². The maximum atomic E-state index is 6.60. The van der Waals surface area contributed by atoms with E-state index in [2.05, 4.69) is 133 Å². The third-order valence-corrected chi connectivity index (χ3v) is 10.1. The molecule has 0 spiro atoms. The molecule has 226 valence electrons. The molecule has 5 nitrogen and oxygen atoms in total. The second-order valence-electron chi connectivity index (χ2n) is 13.3. The molecule has 1 aliphatic carbocycles. The van der Waals surface area contributed by atoms with Gasteiger partial charge in [-0.05, 0) is 111 Å². The summed E-state index contributed by atoms with van der Waals surface area (Å²) in [4.78, 5) is 10.00. The van der Waals surface area contributed by atoms with Crippen molar-refractivity contribution >= 4 is 49.6 Å². The largest absolute Gasteiger partial charge is 0.467 e. The second kappa shape index (κ2) is 9.66. The number of hydrogen-bond acceptors (Lipinski definition) is 3. The SMILES string of the molecule is Cc1cc(C2=N[C@@H]3Cc4ccccc4[C@@H]3O2)cc(-n2c3ccc(C)cc3c3ccc(-n4c5ccc(C)cc5c5cccnc54)cc32)c1. The van der Waals surface area contributed by atoms with Crippen LogP contribution in [0.15, 0.2) is 120 Å². The van der Waals surface area contributed by atoms with Crippen LogP contribution in [0.4, 0.5) is 0 Å². The Bertz CT molecular complexity index is 2640. The number of fused-ring (bicyclic) bond motifs is 9. The zero-order valence-electron chi connectivity index (χ0n) is 26.5. The summed E-state index contributed by atoms with van der Waals surface area (Å²) in [7, 11) is 0. The summed E-state index contributed by atoms with van der Waals surface area (Å²) < 4.78 is 11.3. The lowest BCUT2D eigenvalue weighted by atomic mass is 10.1. The van der Waals surface area contributed by atoms with E-state index in [1.807, 2.05) is 12.3 Å². The molecule has 0 amide bonds. The summed E-state index contributed by atoms with van der Waals surface area (Å²) in [5.74, 6) is 0.739. The fraction of sp³-hybridized carbons (Fsp3) is 0.143. The number of hydrogen-bond donors (Lipinski definition) is 0. The molecule has 0 saturated heterocycles. The predicted octanol–water partition coefficient (Wildman–Crippen LogP) is 9.64. The number of ether oxygens (including phenoxy) is 1. The minimum Gasteiger partial charge on any atom is -0.467 e. The minimum absolute atomic E-state index is 0.00690. The van der Waals surface area contributed by atoms with E-state index in [-0.39, 0.29) is 12.1 Å². The molecular weight excluding hydrogens is 576 g/mol. The fourth-order valence-corrected chi connectivity index (χ4v) is 8.01. The molecule has 5 aromatic carbocycles. The van der Waals surface area contributed by atoms with E-state index in [1.165, 1.54) is 49.5 Å². The molecule has 47 heavy (non-hydrogen) atoms. The van der Waals surface area contributed by atoms with Crippen LogP contribution in [-0.2, 0) is 11.2 Å². The molecule has 0 bridgehead atoms. The Morgan fingerprint density at radius 2 is 1.40 bits per heavy atom. The molecule has 5 heteroatoms. The number of aliphatic imine (C=N–C) groups is 1. The van der Waals surface area contributed by atoms with Crippen LogP contribution in [0.1, 0.15) is 39.5 Å². The summed E-state index contributed by atoms with van der Waals surface area (Å²) in [6, 6.07) is 39.9. The average molecular weight is 609 g/mol. The topological polar surface area (TPSA) is 44.3 Å². The second-order valence-corrected chi connectivity index (χ2v) is 13.3. The van der Waals surface area contributed by atoms with Crippen molar-refractivity contribution in [3.05, 3.63) is 149 Å². The van der Waals surface area contributed by atoms with Crippen LogP contribution in [0, 0.1) is 20.8 Å². The van der Waals surface area contributed by atoms with Crippen molar-refractivity contribution in [2.75, 3.05) is 0 Å². The third-order valence-electron chi connectivity index (χ3n) is 10.1. The number of nitrogens with zero attached hydrogens (tertiary/aromatic N) is 4. The van der Waals surface area contributed by atoms with Gasteiger partial charge in [0.15, 0.2) is 0 Å². The molecule has 8 aromatic rings. The van der Waals surface area contributed by atoms with Gasteiger partial charge in [-0.15, -0.1) is 0 Å². The van der Waals surface area contributed by atoms with Gasteiger partial charge < -0.3 is 9.30 Å². The van der Waals surface area contributed by atoms with Crippen molar-refractivity contribution < 1.29 is 4.74 Å². The molecule has 0 fully saturated rings. The Hall–Kier alpha value is -5.68. The molecule has 3 aromatic heterocycles. The molecule has 0 unspecified atom stereocenters. The maximum absolute atomic E-state index is 6.60. The summed E-state index contributed by atoms with van der Waals surface area (Å²) in [5, 5.41) is 4.85. The van der Waals surface area contributed by atoms with Crippen LogP contribution in [0.2, 0.25) is 0 Å². The Morgan fingerprint density at radius 3 is 2.26 bits per heavy atom. The van der Waals surface area contributed by atoms with Gasteiger partial charge in [0.2, 0.25) is 5.90 Å². The Balaban J connectivity index is 1.18. The lowest BCUT2D eigenvalue weighted by Crippen LogP contribution is -2.08. The molecule has 1 aliphatic heterocycles. The van der Waals surface area contributed by atoms with E-state index in [1.54, 1.807) is 0 Å². The maximum Gasteiger partial charge on any atom is 0.217 e. The molecule has 10 rings (SSSR count). The number of aromatic nitrogens is 3. The van der Waals surface area contributed by atoms with Gasteiger partial charge in [0, 0.05) is 44.7 Å². The smallest absolute Gasteiger partial charge is 0.217 e. The molecule has 2 aliphatic rings. The van der Waals surface area contributed by atoms with Crippen molar-refractivity contribution in [2.45, 2.75) is 39.3 Å². The van der Waals surface area contributed by atoms with Crippen molar-refractivity contribution in [2.24, 2.45) is 4.99 Å². The Kier molecular flexibility index (Phi) is 5.45. The molecule has 0 radical (unpaired) electrons. The van der Waals surface area contributed by atoms with Gasteiger partial charge >= 0.3 is 0 Å². The summed E-state index contributed by atoms with van der Waals surface area (Å²) in [5.41, 5.74) is 13.9. The highest BCUT2D eigenvalue weighted by Gasteiger charge is 2.39. The first-order valence-corrected chi connectivity index (χ1v) is 16.4. The van der Waals surface area contributed by atoms with Crippen LogP contribution in [-0.4, -0.2) is 26.1 Å². The lowest BCUT2D eigenvalue weighted by Gasteiger charge is -2.14. The van der Waals surface area contributed by atoms with Crippen molar-refractivity contribution in [1.82, 2.24) is 14.1 Å². The standard InChI is InChI=1S/C42H32N4O/c1-24-10-14-37-34(19-24)32-13-12-29(46-38-15-11-25(2)20-35(38)33-9-6-16-43-41(33)46)23-39(32)45(37)30-18-26(3)17-28(21-30)42-44-36-22-27-7-4-5-8-31(27)40(36)47-42/h4-21,23,36,40H,22H2,1-3H3/t36-,40+/m1/s1. The van der Waals surface area contributed by atoms with E-state index in [9.17, 15) is 0 Å². The summed E-state index contributed by atoms with van der Waals surface area (Å²) in [6.45, 7) is 6.47. The van der Waals surface area contributed by atoms with Gasteiger partial charge in [-0.1, -0.05) is 53.6 Å². The highest BCUT2D eigenvalue weighted by atomic mass is 16.5. The first kappa shape index (κ1) is 26.5. The van der Waals surface area contributed by atoms with E-state index in [4.69, 9.17) is 14.7 Å². The quantitative estimate of drug-likeness (QED) is 0.200. The van der Waals surface area contributed by atoms with Gasteiger partial charge in [-0.3, -0.25) is 4.57 Å². The van der Waals surface area contributed by atoms with Crippen LogP contribution >= 0.6 is 0 Å². The molecule has 0 N–H and O–H groups in total. The highest BCUT2D eigenvalue weighted by molar-refractivity contribution is 6.12. The molecule has 4 heterocycles. The van der Waals surface area contributed by atoms with Crippen molar-refractivity contribution in [3.8, 4) is 11.4 Å². The fourth-order valence-electron chi connectivity index (χ4n) is 8.01. The average Bonchev–Trinajstić information content (AvgIpc) is 3.81. The van der Waals surface area contributed by atoms with Gasteiger partial charge in [-0.2, -0.15) is 0 Å². The third kappa shape index (κ3) is 3.89. The normalized spacial score (nSPS) is 17.0. The Morgan fingerprint density at radius 1 is 0.617 bits per heavy atom. The van der Waals surface area contributed by atoms with Gasteiger partial charge in [-0.25, -0.2) is 9.98 Å². The number of rotatable bonds is 3. The van der Waals surface area contributed by atoms with Crippen molar-refractivity contribution in [1.29, 1.82) is 0 Å².